The molecule has 3 rings (SSSR count). The van der Waals surface area contributed by atoms with Crippen LogP contribution < -0.4 is 10.6 Å². The maximum Gasteiger partial charge on any atom is 0.239 e. The van der Waals surface area contributed by atoms with Gasteiger partial charge in [0, 0.05) is 12.4 Å². The van der Waals surface area contributed by atoms with Crippen LogP contribution in [0.25, 0.3) is 0 Å². The van der Waals surface area contributed by atoms with Gasteiger partial charge in [0.05, 0.1) is 23.1 Å². The molecule has 1 unspecified atom stereocenters. The van der Waals surface area contributed by atoms with Crippen molar-refractivity contribution in [2.24, 2.45) is 7.05 Å². The first-order valence-electron chi connectivity index (χ1n) is 8.65. The van der Waals surface area contributed by atoms with Gasteiger partial charge in [-0.15, -0.1) is 21.5 Å². The Hall–Kier alpha value is -2.79. The number of para-hydroxylation sites is 1. The Balaban J connectivity index is 1.59. The van der Waals surface area contributed by atoms with Crippen LogP contribution >= 0.6 is 23.1 Å². The Labute approximate surface area is 174 Å². The minimum Gasteiger partial charge on any atom is -0.323 e. The normalized spacial score (nSPS) is 11.9. The standard InChI is InChI=1S/C18H19FN6O2S2/c1-10-9-28-17(20-10)22-16(27)11(2)29-18-24-23-14(25(18)3)8-15(26)21-13-7-5-4-6-12(13)19/h4-7,9,11H,8H2,1-3H3,(H,21,26)(H,20,22,27). The second-order valence-corrected chi connectivity index (χ2v) is 8.37. The zero-order valence-corrected chi connectivity index (χ0v) is 17.6. The lowest BCUT2D eigenvalue weighted by Crippen LogP contribution is -2.23. The van der Waals surface area contributed by atoms with E-state index in [9.17, 15) is 14.0 Å². The fourth-order valence-corrected chi connectivity index (χ4v) is 3.86. The highest BCUT2D eigenvalue weighted by atomic mass is 32.2. The second kappa shape index (κ2) is 9.14. The van der Waals surface area contributed by atoms with Gasteiger partial charge in [-0.05, 0) is 26.0 Å². The molecule has 8 nitrogen and oxygen atoms in total. The summed E-state index contributed by atoms with van der Waals surface area (Å²) in [5, 5.41) is 15.8. The fraction of sp³-hybridized carbons (Fsp3) is 0.278. The molecule has 29 heavy (non-hydrogen) atoms. The summed E-state index contributed by atoms with van der Waals surface area (Å²) in [6.45, 7) is 3.60. The third-order valence-electron chi connectivity index (χ3n) is 3.89. The van der Waals surface area contributed by atoms with Crippen molar-refractivity contribution < 1.29 is 14.0 Å². The van der Waals surface area contributed by atoms with E-state index in [1.54, 1.807) is 30.7 Å². The second-order valence-electron chi connectivity index (χ2n) is 6.21. The third-order valence-corrected chi connectivity index (χ3v) is 5.90. The number of aromatic nitrogens is 4. The van der Waals surface area contributed by atoms with E-state index < -0.39 is 17.0 Å². The lowest BCUT2D eigenvalue weighted by atomic mass is 10.3. The van der Waals surface area contributed by atoms with Crippen molar-refractivity contribution in [2.75, 3.05) is 10.6 Å². The number of hydrogen-bond donors (Lipinski definition) is 2. The number of aryl methyl sites for hydroxylation is 1. The first-order chi connectivity index (χ1) is 13.8. The van der Waals surface area contributed by atoms with Crippen LogP contribution in [0.3, 0.4) is 0 Å². The topological polar surface area (TPSA) is 102 Å². The number of carbonyl (C=O) groups excluding carboxylic acids is 2. The molecule has 0 bridgehead atoms. The SMILES string of the molecule is Cc1csc(NC(=O)C(C)Sc2nnc(CC(=O)Nc3ccccc3F)n2C)n1. The summed E-state index contributed by atoms with van der Waals surface area (Å²) >= 11 is 2.58. The van der Waals surface area contributed by atoms with Gasteiger partial charge in [0.15, 0.2) is 10.3 Å². The molecular weight excluding hydrogens is 415 g/mol. The van der Waals surface area contributed by atoms with Crippen LogP contribution in [0.1, 0.15) is 18.4 Å². The monoisotopic (exact) mass is 434 g/mol. The average molecular weight is 435 g/mol. The maximum atomic E-state index is 13.7. The highest BCUT2D eigenvalue weighted by molar-refractivity contribution is 8.00. The van der Waals surface area contributed by atoms with Gasteiger partial charge in [0.2, 0.25) is 11.8 Å². The van der Waals surface area contributed by atoms with Crippen LogP contribution in [0.2, 0.25) is 0 Å². The summed E-state index contributed by atoms with van der Waals surface area (Å²) in [5.41, 5.74) is 0.953. The minimum atomic E-state index is -0.509. The largest absolute Gasteiger partial charge is 0.323 e. The van der Waals surface area contributed by atoms with Gasteiger partial charge in [-0.1, -0.05) is 23.9 Å². The van der Waals surface area contributed by atoms with Crippen molar-refractivity contribution in [2.45, 2.75) is 30.7 Å². The van der Waals surface area contributed by atoms with Crippen LogP contribution in [0, 0.1) is 12.7 Å². The van der Waals surface area contributed by atoms with Crippen LogP contribution in [-0.2, 0) is 23.1 Å². The molecule has 0 spiro atoms. The summed E-state index contributed by atoms with van der Waals surface area (Å²) in [6.07, 6.45) is -0.0721. The number of amides is 2. The molecular formula is C18H19FN6O2S2. The molecule has 0 aliphatic carbocycles. The van der Waals surface area contributed by atoms with Crippen molar-refractivity contribution in [3.8, 4) is 0 Å². The fourth-order valence-electron chi connectivity index (χ4n) is 2.33. The van der Waals surface area contributed by atoms with Gasteiger partial charge in [0.1, 0.15) is 11.6 Å². The number of rotatable bonds is 7. The van der Waals surface area contributed by atoms with E-state index in [-0.39, 0.29) is 18.0 Å². The van der Waals surface area contributed by atoms with Crippen molar-refractivity contribution in [1.82, 2.24) is 19.7 Å². The van der Waals surface area contributed by atoms with E-state index in [1.165, 1.54) is 35.2 Å². The number of thiazole rings is 1. The van der Waals surface area contributed by atoms with Gasteiger partial charge in [-0.3, -0.25) is 9.59 Å². The number of anilines is 2. The third kappa shape index (κ3) is 5.39. The van der Waals surface area contributed by atoms with Crippen LogP contribution in [0.4, 0.5) is 15.2 Å². The molecule has 2 heterocycles. The molecule has 2 aromatic heterocycles. The molecule has 0 aliphatic heterocycles. The van der Waals surface area contributed by atoms with Crippen molar-refractivity contribution >= 4 is 45.7 Å². The molecule has 0 aliphatic rings. The smallest absolute Gasteiger partial charge is 0.239 e. The Morgan fingerprint density at radius 2 is 2.03 bits per heavy atom. The molecule has 0 fully saturated rings. The molecule has 11 heteroatoms. The lowest BCUT2D eigenvalue weighted by Gasteiger charge is -2.10. The van der Waals surface area contributed by atoms with Crippen molar-refractivity contribution in [3.05, 3.63) is 47.0 Å². The molecule has 0 saturated carbocycles. The molecule has 3 aromatic rings. The number of nitrogens with one attached hydrogen (secondary N) is 2. The first-order valence-corrected chi connectivity index (χ1v) is 10.4. The van der Waals surface area contributed by atoms with Gasteiger partial charge < -0.3 is 15.2 Å². The van der Waals surface area contributed by atoms with E-state index in [4.69, 9.17) is 0 Å². The highest BCUT2D eigenvalue weighted by Crippen LogP contribution is 2.24. The Morgan fingerprint density at radius 3 is 2.72 bits per heavy atom. The number of halogens is 1. The summed E-state index contributed by atoms with van der Waals surface area (Å²) < 4.78 is 15.3. The predicted molar refractivity (Wildman–Crippen MR) is 111 cm³/mol. The van der Waals surface area contributed by atoms with Crippen LogP contribution in [0.5, 0.6) is 0 Å². The van der Waals surface area contributed by atoms with E-state index in [1.807, 2.05) is 12.3 Å². The molecule has 1 atom stereocenters. The van der Waals surface area contributed by atoms with Gasteiger partial charge in [-0.2, -0.15) is 0 Å². The molecule has 0 saturated heterocycles. The molecule has 0 radical (unpaired) electrons. The van der Waals surface area contributed by atoms with E-state index in [0.717, 1.165) is 5.69 Å². The summed E-state index contributed by atoms with van der Waals surface area (Å²) in [4.78, 5) is 28.7. The Morgan fingerprint density at radius 1 is 1.28 bits per heavy atom. The van der Waals surface area contributed by atoms with Crippen LogP contribution in [0.15, 0.2) is 34.8 Å². The van der Waals surface area contributed by atoms with E-state index in [0.29, 0.717) is 16.1 Å². The van der Waals surface area contributed by atoms with Crippen molar-refractivity contribution in [3.63, 3.8) is 0 Å². The van der Waals surface area contributed by atoms with Crippen molar-refractivity contribution in [1.29, 1.82) is 0 Å². The molecule has 1 aromatic carbocycles. The number of carbonyl (C=O) groups is 2. The molecule has 152 valence electrons. The van der Waals surface area contributed by atoms with E-state index >= 15 is 0 Å². The Kier molecular flexibility index (Phi) is 6.60. The van der Waals surface area contributed by atoms with Crippen LogP contribution in [-0.4, -0.2) is 36.8 Å². The van der Waals surface area contributed by atoms with Gasteiger partial charge >= 0.3 is 0 Å². The lowest BCUT2D eigenvalue weighted by molar-refractivity contribution is -0.116. The van der Waals surface area contributed by atoms with E-state index in [2.05, 4.69) is 25.8 Å². The zero-order chi connectivity index (χ0) is 21.0. The quantitative estimate of drug-likeness (QED) is 0.554. The molecule has 2 N–H and O–H groups in total. The zero-order valence-electron chi connectivity index (χ0n) is 16.0. The first kappa shape index (κ1) is 20.9. The maximum absolute atomic E-state index is 13.7. The number of nitrogens with zero attached hydrogens (tertiary/aromatic N) is 4. The number of hydrogen-bond acceptors (Lipinski definition) is 7. The minimum absolute atomic E-state index is 0.0721. The number of benzene rings is 1. The summed E-state index contributed by atoms with van der Waals surface area (Å²) in [7, 11) is 1.71. The summed E-state index contributed by atoms with van der Waals surface area (Å²) in [6, 6.07) is 5.93. The molecule has 2 amide bonds. The predicted octanol–water partition coefficient (Wildman–Crippen LogP) is 3.02. The average Bonchev–Trinajstić information content (AvgIpc) is 3.23. The number of thioether (sulfide) groups is 1. The highest BCUT2D eigenvalue weighted by Gasteiger charge is 2.21. The van der Waals surface area contributed by atoms with Gasteiger partial charge in [0.25, 0.3) is 0 Å². The Bertz CT molecular complexity index is 1040. The summed E-state index contributed by atoms with van der Waals surface area (Å²) in [5.74, 6) is -0.715. The van der Waals surface area contributed by atoms with Gasteiger partial charge in [-0.25, -0.2) is 9.37 Å².